The van der Waals surface area contributed by atoms with Crippen LogP contribution >= 0.6 is 0 Å². The van der Waals surface area contributed by atoms with Gasteiger partial charge in [-0.05, 0) is 32.9 Å². The van der Waals surface area contributed by atoms with Crippen LogP contribution in [0.25, 0.3) is 0 Å². The van der Waals surface area contributed by atoms with Crippen molar-refractivity contribution in [3.63, 3.8) is 0 Å². The van der Waals surface area contributed by atoms with Crippen molar-refractivity contribution < 1.29 is 0 Å². The fourth-order valence-corrected chi connectivity index (χ4v) is 2.54. The quantitative estimate of drug-likeness (QED) is 0.680. The van der Waals surface area contributed by atoms with E-state index in [1.165, 1.54) is 11.3 Å². The first kappa shape index (κ1) is 12.3. The maximum Gasteiger partial charge on any atom is 0.0886 e. The molecular weight excluding hydrogens is 208 g/mol. The summed E-state index contributed by atoms with van der Waals surface area (Å²) in [5, 5.41) is 4.77. The van der Waals surface area contributed by atoms with Gasteiger partial charge < -0.3 is 0 Å². The highest BCUT2D eigenvalue weighted by Crippen LogP contribution is 2.38. The standard InChI is InChI=1S/C15H24N2/c1-11(2)17-14(15(4,5)6)10-13-9-12(3)7-8-16(13)17/h7-11,13H,1-6H3. The predicted octanol–water partition coefficient (Wildman–Crippen LogP) is 3.70. The van der Waals surface area contributed by atoms with Crippen LogP contribution in [-0.2, 0) is 0 Å². The van der Waals surface area contributed by atoms with Gasteiger partial charge in [-0.25, -0.2) is 0 Å². The van der Waals surface area contributed by atoms with Gasteiger partial charge >= 0.3 is 0 Å². The summed E-state index contributed by atoms with van der Waals surface area (Å²) in [5.74, 6) is 0. The molecule has 0 aromatic carbocycles. The first-order valence-electron chi connectivity index (χ1n) is 6.47. The van der Waals surface area contributed by atoms with Crippen LogP contribution in [0.2, 0.25) is 0 Å². The second-order valence-electron chi connectivity index (χ2n) is 6.34. The van der Waals surface area contributed by atoms with Crippen LogP contribution in [-0.4, -0.2) is 22.1 Å². The van der Waals surface area contributed by atoms with E-state index in [-0.39, 0.29) is 5.41 Å². The fraction of sp³-hybridized carbons (Fsp3) is 0.600. The number of hydrogen-bond acceptors (Lipinski definition) is 2. The van der Waals surface area contributed by atoms with Gasteiger partial charge in [0, 0.05) is 23.4 Å². The molecule has 0 spiro atoms. The van der Waals surface area contributed by atoms with Crippen molar-refractivity contribution >= 4 is 0 Å². The highest BCUT2D eigenvalue weighted by atomic mass is 15.7. The second-order valence-corrected chi connectivity index (χ2v) is 6.34. The molecule has 0 aliphatic carbocycles. The van der Waals surface area contributed by atoms with Gasteiger partial charge in [-0.15, -0.1) is 0 Å². The molecule has 1 atom stereocenters. The molecule has 2 nitrogen and oxygen atoms in total. The van der Waals surface area contributed by atoms with Gasteiger partial charge in [-0.2, -0.15) is 0 Å². The van der Waals surface area contributed by atoms with Crippen LogP contribution in [0.3, 0.4) is 0 Å². The minimum Gasteiger partial charge on any atom is -0.286 e. The molecule has 0 saturated carbocycles. The average molecular weight is 232 g/mol. The Morgan fingerprint density at radius 3 is 2.35 bits per heavy atom. The Morgan fingerprint density at radius 2 is 1.82 bits per heavy atom. The molecule has 0 N–H and O–H groups in total. The first-order valence-corrected chi connectivity index (χ1v) is 6.47. The summed E-state index contributed by atoms with van der Waals surface area (Å²) in [6.45, 7) is 13.5. The van der Waals surface area contributed by atoms with Crippen molar-refractivity contribution in [3.05, 3.63) is 35.7 Å². The van der Waals surface area contributed by atoms with Gasteiger partial charge in [-0.1, -0.05) is 32.4 Å². The first-order chi connectivity index (χ1) is 7.80. The molecule has 0 amide bonds. The van der Waals surface area contributed by atoms with Gasteiger partial charge in [0.2, 0.25) is 0 Å². The van der Waals surface area contributed by atoms with E-state index in [1.807, 2.05) is 0 Å². The van der Waals surface area contributed by atoms with Crippen molar-refractivity contribution in [3.8, 4) is 0 Å². The molecule has 17 heavy (non-hydrogen) atoms. The summed E-state index contributed by atoms with van der Waals surface area (Å²) in [4.78, 5) is 0. The van der Waals surface area contributed by atoms with Gasteiger partial charge in [0.25, 0.3) is 0 Å². The third kappa shape index (κ3) is 2.13. The van der Waals surface area contributed by atoms with E-state index in [0.717, 1.165) is 0 Å². The molecule has 0 radical (unpaired) electrons. The lowest BCUT2D eigenvalue weighted by Gasteiger charge is -2.41. The lowest BCUT2D eigenvalue weighted by Crippen LogP contribution is -2.44. The molecule has 2 aliphatic heterocycles. The van der Waals surface area contributed by atoms with Gasteiger partial charge in [0.05, 0.1) is 6.04 Å². The van der Waals surface area contributed by atoms with Crippen LogP contribution in [0, 0.1) is 5.41 Å². The summed E-state index contributed by atoms with van der Waals surface area (Å²) in [5.41, 5.74) is 2.96. The molecule has 94 valence electrons. The molecule has 0 fully saturated rings. The smallest absolute Gasteiger partial charge is 0.0886 e. The second kappa shape index (κ2) is 3.94. The van der Waals surface area contributed by atoms with Crippen molar-refractivity contribution in [2.75, 3.05) is 0 Å². The summed E-state index contributed by atoms with van der Waals surface area (Å²) < 4.78 is 0. The van der Waals surface area contributed by atoms with E-state index in [1.54, 1.807) is 0 Å². The Bertz CT molecular complexity index is 394. The Kier molecular flexibility index (Phi) is 2.84. The number of hydrogen-bond donors (Lipinski definition) is 0. The largest absolute Gasteiger partial charge is 0.286 e. The molecule has 0 aromatic heterocycles. The molecule has 0 bridgehead atoms. The Morgan fingerprint density at radius 1 is 1.18 bits per heavy atom. The Labute approximate surface area is 105 Å². The number of rotatable bonds is 1. The van der Waals surface area contributed by atoms with Crippen molar-refractivity contribution in [2.45, 2.75) is 53.6 Å². The summed E-state index contributed by atoms with van der Waals surface area (Å²) in [6.07, 6.45) is 9.11. The van der Waals surface area contributed by atoms with Crippen LogP contribution in [0.1, 0.15) is 41.5 Å². The monoisotopic (exact) mass is 232 g/mol. The molecule has 2 aliphatic rings. The minimum absolute atomic E-state index is 0.192. The highest BCUT2D eigenvalue weighted by Gasteiger charge is 2.36. The predicted molar refractivity (Wildman–Crippen MR) is 73.0 cm³/mol. The fourth-order valence-electron chi connectivity index (χ4n) is 2.54. The Hall–Kier alpha value is -1.18. The van der Waals surface area contributed by atoms with Gasteiger partial charge in [0.1, 0.15) is 0 Å². The lowest BCUT2D eigenvalue weighted by molar-refractivity contribution is 0.0230. The van der Waals surface area contributed by atoms with Crippen molar-refractivity contribution in [1.29, 1.82) is 0 Å². The van der Waals surface area contributed by atoms with Gasteiger partial charge in [0.15, 0.2) is 0 Å². The maximum atomic E-state index is 2.42. The molecule has 1 unspecified atom stereocenters. The number of hydrazine groups is 1. The van der Waals surface area contributed by atoms with Gasteiger partial charge in [-0.3, -0.25) is 10.0 Å². The summed E-state index contributed by atoms with van der Waals surface area (Å²) >= 11 is 0. The van der Waals surface area contributed by atoms with E-state index in [2.05, 4.69) is 76.0 Å². The van der Waals surface area contributed by atoms with Crippen LogP contribution in [0.5, 0.6) is 0 Å². The Balaban J connectivity index is 2.39. The third-order valence-corrected chi connectivity index (χ3v) is 3.31. The van der Waals surface area contributed by atoms with E-state index in [4.69, 9.17) is 0 Å². The highest BCUT2D eigenvalue weighted by molar-refractivity contribution is 5.32. The van der Waals surface area contributed by atoms with Crippen LogP contribution < -0.4 is 0 Å². The summed E-state index contributed by atoms with van der Waals surface area (Å²) in [6, 6.07) is 0.888. The number of nitrogens with zero attached hydrogens (tertiary/aromatic N) is 2. The lowest BCUT2D eigenvalue weighted by atomic mass is 9.90. The van der Waals surface area contributed by atoms with Crippen LogP contribution in [0.15, 0.2) is 35.7 Å². The topological polar surface area (TPSA) is 6.48 Å². The van der Waals surface area contributed by atoms with Crippen molar-refractivity contribution in [1.82, 2.24) is 10.0 Å². The molecule has 2 rings (SSSR count). The molecule has 0 aromatic rings. The normalized spacial score (nSPS) is 24.1. The van der Waals surface area contributed by atoms with E-state index >= 15 is 0 Å². The molecular formula is C15H24N2. The zero-order chi connectivity index (χ0) is 12.8. The van der Waals surface area contributed by atoms with Crippen molar-refractivity contribution in [2.24, 2.45) is 5.41 Å². The maximum absolute atomic E-state index is 2.42. The SMILES string of the molecule is CC1=CC2C=C(C(C)(C)C)N(C(C)C)N2C=C1. The third-order valence-electron chi connectivity index (χ3n) is 3.31. The molecule has 2 heterocycles. The zero-order valence-electron chi connectivity index (χ0n) is 11.9. The molecule has 0 saturated heterocycles. The zero-order valence-corrected chi connectivity index (χ0v) is 11.9. The molecule has 2 heteroatoms. The van der Waals surface area contributed by atoms with E-state index in [9.17, 15) is 0 Å². The summed E-state index contributed by atoms with van der Waals surface area (Å²) in [7, 11) is 0. The number of fused-ring (bicyclic) bond motifs is 1. The van der Waals surface area contributed by atoms with E-state index in [0.29, 0.717) is 12.1 Å². The van der Waals surface area contributed by atoms with E-state index < -0.39 is 0 Å². The van der Waals surface area contributed by atoms with Crippen LogP contribution in [0.4, 0.5) is 0 Å². The minimum atomic E-state index is 0.192. The number of allylic oxidation sites excluding steroid dienone is 3. The average Bonchev–Trinajstić information content (AvgIpc) is 2.55.